The summed E-state index contributed by atoms with van der Waals surface area (Å²) in [5.41, 5.74) is 7.27. The smallest absolute Gasteiger partial charge is 0.0783 e. The van der Waals surface area contributed by atoms with Gasteiger partial charge in [-0.05, 0) is 61.5 Å². The highest BCUT2D eigenvalue weighted by Crippen LogP contribution is 2.44. The molecular formula is C17H26N2OS. The molecule has 2 fully saturated rings. The van der Waals surface area contributed by atoms with Gasteiger partial charge in [0, 0.05) is 18.4 Å². The molecule has 21 heavy (non-hydrogen) atoms. The van der Waals surface area contributed by atoms with E-state index >= 15 is 0 Å². The number of hydrogen-bond acceptors (Lipinski definition) is 4. The van der Waals surface area contributed by atoms with Gasteiger partial charge in [0.2, 0.25) is 0 Å². The molecule has 0 saturated carbocycles. The predicted molar refractivity (Wildman–Crippen MR) is 89.3 cm³/mol. The van der Waals surface area contributed by atoms with Crippen LogP contribution in [0.15, 0.2) is 18.2 Å². The minimum absolute atomic E-state index is 0.110. The first-order valence-corrected chi connectivity index (χ1v) is 9.05. The van der Waals surface area contributed by atoms with Crippen molar-refractivity contribution in [1.29, 1.82) is 0 Å². The van der Waals surface area contributed by atoms with Crippen molar-refractivity contribution in [2.75, 3.05) is 18.1 Å². The van der Waals surface area contributed by atoms with Crippen molar-refractivity contribution in [1.82, 2.24) is 5.43 Å². The van der Waals surface area contributed by atoms with E-state index in [-0.39, 0.29) is 11.6 Å². The molecule has 2 aliphatic heterocycles. The van der Waals surface area contributed by atoms with Gasteiger partial charge in [-0.3, -0.25) is 11.3 Å². The molecule has 1 aromatic carbocycles. The van der Waals surface area contributed by atoms with Gasteiger partial charge in [0.05, 0.1) is 5.60 Å². The lowest BCUT2D eigenvalue weighted by molar-refractivity contribution is -0.0855. The van der Waals surface area contributed by atoms with Crippen LogP contribution in [0.1, 0.15) is 42.0 Å². The van der Waals surface area contributed by atoms with Crippen LogP contribution in [0.4, 0.5) is 0 Å². The van der Waals surface area contributed by atoms with Crippen LogP contribution in [-0.2, 0) is 4.74 Å². The highest BCUT2D eigenvalue weighted by molar-refractivity contribution is 7.99. The summed E-state index contributed by atoms with van der Waals surface area (Å²) in [6, 6.07) is 6.74. The molecule has 0 aliphatic carbocycles. The molecule has 0 amide bonds. The number of rotatable bonds is 3. The van der Waals surface area contributed by atoms with Gasteiger partial charge in [0.15, 0.2) is 0 Å². The van der Waals surface area contributed by atoms with Crippen LogP contribution in [0, 0.1) is 19.8 Å². The van der Waals surface area contributed by atoms with Gasteiger partial charge in [0.1, 0.15) is 0 Å². The predicted octanol–water partition coefficient (Wildman–Crippen LogP) is 3.11. The first-order valence-electron chi connectivity index (χ1n) is 7.89. The minimum atomic E-state index is 0.110. The second kappa shape index (κ2) is 6.29. The third-order valence-electron chi connectivity index (χ3n) is 5.10. The summed E-state index contributed by atoms with van der Waals surface area (Å²) in [6.45, 7) is 5.24. The van der Waals surface area contributed by atoms with Gasteiger partial charge in [-0.1, -0.05) is 18.2 Å². The number of hydrogen-bond donors (Lipinski definition) is 2. The first kappa shape index (κ1) is 15.3. The summed E-state index contributed by atoms with van der Waals surface area (Å²) in [6.07, 6.45) is 3.41. The summed E-state index contributed by atoms with van der Waals surface area (Å²) < 4.78 is 6.16. The molecule has 4 heteroatoms. The molecule has 3 atom stereocenters. The van der Waals surface area contributed by atoms with E-state index in [1.807, 2.05) is 11.8 Å². The molecule has 2 aliphatic rings. The molecule has 0 radical (unpaired) electrons. The lowest BCUT2D eigenvalue weighted by Gasteiger charge is -2.41. The molecule has 116 valence electrons. The highest BCUT2D eigenvalue weighted by atomic mass is 32.2. The maximum Gasteiger partial charge on any atom is 0.0783 e. The Morgan fingerprint density at radius 2 is 2.14 bits per heavy atom. The fraction of sp³-hybridized carbons (Fsp3) is 0.647. The lowest BCUT2D eigenvalue weighted by atomic mass is 9.77. The van der Waals surface area contributed by atoms with Crippen LogP contribution in [0.2, 0.25) is 0 Å². The molecule has 2 saturated heterocycles. The Morgan fingerprint density at radius 3 is 2.76 bits per heavy atom. The molecule has 2 heterocycles. The van der Waals surface area contributed by atoms with Gasteiger partial charge in [-0.15, -0.1) is 0 Å². The van der Waals surface area contributed by atoms with Crippen LogP contribution in [0.3, 0.4) is 0 Å². The topological polar surface area (TPSA) is 47.3 Å². The molecule has 3 unspecified atom stereocenters. The molecule has 0 bridgehead atoms. The van der Waals surface area contributed by atoms with E-state index in [9.17, 15) is 0 Å². The van der Waals surface area contributed by atoms with Crippen molar-refractivity contribution in [3.63, 3.8) is 0 Å². The van der Waals surface area contributed by atoms with Crippen molar-refractivity contribution >= 4 is 11.8 Å². The van der Waals surface area contributed by atoms with E-state index in [1.54, 1.807) is 0 Å². The number of nitrogens with two attached hydrogens (primary N) is 1. The summed E-state index contributed by atoms with van der Waals surface area (Å²) in [7, 11) is 0. The molecule has 3 N–H and O–H groups in total. The molecule has 1 aromatic rings. The second-order valence-corrected chi connectivity index (χ2v) is 7.64. The molecular weight excluding hydrogens is 280 g/mol. The van der Waals surface area contributed by atoms with E-state index in [4.69, 9.17) is 10.6 Å². The average molecular weight is 306 g/mol. The third kappa shape index (κ3) is 3.00. The van der Waals surface area contributed by atoms with Crippen LogP contribution < -0.4 is 11.3 Å². The van der Waals surface area contributed by atoms with Crippen LogP contribution in [0.25, 0.3) is 0 Å². The zero-order chi connectivity index (χ0) is 14.9. The summed E-state index contributed by atoms with van der Waals surface area (Å²) >= 11 is 2.03. The molecule has 3 rings (SSSR count). The van der Waals surface area contributed by atoms with Crippen molar-refractivity contribution in [3.8, 4) is 0 Å². The molecule has 1 spiro atoms. The standard InChI is InChI=1S/C17H26N2OS/c1-12-4-3-5-13(2)15(12)16(19-18)14-6-8-20-17(10-14)7-9-21-11-17/h3-5,14,16,19H,6-11,18H2,1-2H3. The van der Waals surface area contributed by atoms with E-state index in [0.29, 0.717) is 5.92 Å². The Morgan fingerprint density at radius 1 is 1.38 bits per heavy atom. The van der Waals surface area contributed by atoms with E-state index in [0.717, 1.165) is 25.2 Å². The quantitative estimate of drug-likeness (QED) is 0.665. The van der Waals surface area contributed by atoms with Gasteiger partial charge in [0.25, 0.3) is 0 Å². The number of ether oxygens (including phenoxy) is 1. The van der Waals surface area contributed by atoms with Crippen molar-refractivity contribution < 1.29 is 4.74 Å². The summed E-state index contributed by atoms with van der Waals surface area (Å²) in [5.74, 6) is 8.90. The second-order valence-electron chi connectivity index (χ2n) is 6.54. The normalized spacial score (nSPS) is 30.7. The lowest BCUT2D eigenvalue weighted by Crippen LogP contribution is -2.45. The zero-order valence-corrected chi connectivity index (χ0v) is 13.8. The Bertz CT molecular complexity index is 479. The average Bonchev–Trinajstić information content (AvgIpc) is 2.91. The largest absolute Gasteiger partial charge is 0.374 e. The highest BCUT2D eigenvalue weighted by Gasteiger charge is 2.42. The van der Waals surface area contributed by atoms with Crippen LogP contribution in [0.5, 0.6) is 0 Å². The zero-order valence-electron chi connectivity index (χ0n) is 13.0. The minimum Gasteiger partial charge on any atom is -0.374 e. The van der Waals surface area contributed by atoms with Crippen LogP contribution in [-0.4, -0.2) is 23.7 Å². The first-order chi connectivity index (χ1) is 10.2. The summed E-state index contributed by atoms with van der Waals surface area (Å²) in [4.78, 5) is 0. The van der Waals surface area contributed by atoms with Crippen molar-refractivity contribution in [3.05, 3.63) is 34.9 Å². The SMILES string of the molecule is Cc1cccc(C)c1C(NN)C1CCOC2(CCSC2)C1. The monoisotopic (exact) mass is 306 g/mol. The molecule has 3 nitrogen and oxygen atoms in total. The number of hydrazine groups is 1. The molecule has 0 aromatic heterocycles. The maximum absolute atomic E-state index is 6.16. The Balaban J connectivity index is 1.86. The number of aryl methyl sites for hydroxylation is 2. The van der Waals surface area contributed by atoms with Gasteiger partial charge >= 0.3 is 0 Å². The number of benzene rings is 1. The van der Waals surface area contributed by atoms with Crippen LogP contribution >= 0.6 is 11.8 Å². The van der Waals surface area contributed by atoms with Crippen molar-refractivity contribution in [2.24, 2.45) is 11.8 Å². The van der Waals surface area contributed by atoms with E-state index in [2.05, 4.69) is 37.5 Å². The summed E-state index contributed by atoms with van der Waals surface area (Å²) in [5, 5.41) is 0. The Kier molecular flexibility index (Phi) is 4.60. The maximum atomic E-state index is 6.16. The van der Waals surface area contributed by atoms with E-state index < -0.39 is 0 Å². The van der Waals surface area contributed by atoms with Gasteiger partial charge in [-0.2, -0.15) is 11.8 Å². The van der Waals surface area contributed by atoms with Gasteiger partial charge < -0.3 is 4.74 Å². The number of nitrogens with one attached hydrogen (secondary N) is 1. The fourth-order valence-corrected chi connectivity index (χ4v) is 5.36. The third-order valence-corrected chi connectivity index (χ3v) is 6.33. The van der Waals surface area contributed by atoms with E-state index in [1.165, 1.54) is 28.9 Å². The number of thioether (sulfide) groups is 1. The van der Waals surface area contributed by atoms with Gasteiger partial charge in [-0.25, -0.2) is 0 Å². The Labute approximate surface area is 132 Å². The fourth-order valence-electron chi connectivity index (χ4n) is 3.99. The van der Waals surface area contributed by atoms with Crippen molar-refractivity contribution in [2.45, 2.75) is 44.8 Å². The Hall–Kier alpha value is -0.550.